The highest BCUT2D eigenvalue weighted by Gasteiger charge is 2.12. The van der Waals surface area contributed by atoms with E-state index in [1.54, 1.807) is 6.20 Å². The molecule has 2 aromatic rings. The van der Waals surface area contributed by atoms with Gasteiger partial charge in [0.1, 0.15) is 4.88 Å². The van der Waals surface area contributed by atoms with Gasteiger partial charge in [-0.2, -0.15) is 0 Å². The van der Waals surface area contributed by atoms with Crippen molar-refractivity contribution in [2.24, 2.45) is 0 Å². The van der Waals surface area contributed by atoms with Crippen LogP contribution in [0.1, 0.15) is 27.2 Å². The minimum absolute atomic E-state index is 0.172. The lowest BCUT2D eigenvalue weighted by molar-refractivity contribution is 0.0919. The van der Waals surface area contributed by atoms with Crippen molar-refractivity contribution in [2.75, 3.05) is 6.54 Å². The Hall–Kier alpha value is -1.72. The largest absolute Gasteiger partial charge is 0.391 e. The molecule has 4 nitrogen and oxygen atoms in total. The molecule has 5 heteroatoms. The number of carbonyl (C=O) groups excluding carboxylic acids is 1. The lowest BCUT2D eigenvalue weighted by Gasteiger charge is -2.11. The summed E-state index contributed by atoms with van der Waals surface area (Å²) in [7, 11) is 0. The Bertz CT molecular complexity index is 554. The Balaban J connectivity index is 1.81. The highest BCUT2D eigenvalue weighted by Crippen LogP contribution is 2.13. The zero-order chi connectivity index (χ0) is 14.4. The molecule has 106 valence electrons. The van der Waals surface area contributed by atoms with E-state index in [-0.39, 0.29) is 12.5 Å². The van der Waals surface area contributed by atoms with E-state index in [2.05, 4.69) is 10.3 Å². The van der Waals surface area contributed by atoms with Gasteiger partial charge in [0.15, 0.2) is 0 Å². The number of aliphatic hydroxyl groups excluding tert-OH is 1. The van der Waals surface area contributed by atoms with Gasteiger partial charge < -0.3 is 10.4 Å². The summed E-state index contributed by atoms with van der Waals surface area (Å²) >= 11 is 1.39. The van der Waals surface area contributed by atoms with E-state index in [1.165, 1.54) is 11.3 Å². The first-order valence-corrected chi connectivity index (χ1v) is 7.45. The van der Waals surface area contributed by atoms with Crippen molar-refractivity contribution in [3.05, 3.63) is 52.0 Å². The fourth-order valence-electron chi connectivity index (χ4n) is 1.83. The van der Waals surface area contributed by atoms with E-state index in [1.807, 2.05) is 37.3 Å². The second-order valence-electron chi connectivity index (χ2n) is 4.53. The highest BCUT2D eigenvalue weighted by atomic mass is 32.1. The van der Waals surface area contributed by atoms with Gasteiger partial charge in [-0.3, -0.25) is 4.79 Å². The summed E-state index contributed by atoms with van der Waals surface area (Å²) < 4.78 is 0. The van der Waals surface area contributed by atoms with Crippen molar-refractivity contribution in [1.29, 1.82) is 0 Å². The molecule has 0 saturated carbocycles. The number of nitrogens with one attached hydrogen (secondary N) is 1. The summed E-state index contributed by atoms with van der Waals surface area (Å²) in [6, 6.07) is 9.73. The molecule has 0 bridgehead atoms. The van der Waals surface area contributed by atoms with Crippen LogP contribution in [-0.4, -0.2) is 28.6 Å². The number of amides is 1. The van der Waals surface area contributed by atoms with Crippen molar-refractivity contribution >= 4 is 17.2 Å². The predicted octanol–water partition coefficient (Wildman–Crippen LogP) is 2.04. The Morgan fingerprint density at radius 3 is 2.80 bits per heavy atom. The molecular weight excluding hydrogens is 272 g/mol. The van der Waals surface area contributed by atoms with E-state index >= 15 is 0 Å². The van der Waals surface area contributed by atoms with Crippen LogP contribution in [0.2, 0.25) is 0 Å². The molecule has 1 heterocycles. The zero-order valence-electron chi connectivity index (χ0n) is 11.4. The lowest BCUT2D eigenvalue weighted by atomic mass is 10.1. The van der Waals surface area contributed by atoms with E-state index in [9.17, 15) is 9.90 Å². The van der Waals surface area contributed by atoms with Crippen molar-refractivity contribution in [3.8, 4) is 0 Å². The Labute approximate surface area is 122 Å². The topological polar surface area (TPSA) is 62.2 Å². The first-order chi connectivity index (χ1) is 9.69. The second-order valence-corrected chi connectivity index (χ2v) is 5.64. The molecule has 1 amide bonds. The Kier molecular flexibility index (Phi) is 5.26. The summed E-state index contributed by atoms with van der Waals surface area (Å²) in [5.74, 6) is -0.172. The molecule has 1 atom stereocenters. The molecule has 20 heavy (non-hydrogen) atoms. The van der Waals surface area contributed by atoms with E-state index in [0.29, 0.717) is 11.3 Å². The standard InChI is InChI=1S/C15H18N2O2S/c1-2-14-16-10-13(20-14)15(19)17-9-12(18)8-11-6-4-3-5-7-11/h3-7,10,12,18H,2,8-9H2,1H3,(H,17,19). The van der Waals surface area contributed by atoms with Crippen LogP contribution in [0.25, 0.3) is 0 Å². The van der Waals surface area contributed by atoms with E-state index < -0.39 is 6.10 Å². The molecule has 0 spiro atoms. The first kappa shape index (κ1) is 14.7. The molecule has 0 aliphatic heterocycles. The van der Waals surface area contributed by atoms with Gasteiger partial charge in [-0.1, -0.05) is 37.3 Å². The molecule has 0 aliphatic carbocycles. The third-order valence-electron chi connectivity index (χ3n) is 2.89. The number of aryl methyl sites for hydroxylation is 1. The van der Waals surface area contributed by atoms with Gasteiger partial charge in [-0.05, 0) is 12.0 Å². The van der Waals surface area contributed by atoms with Crippen LogP contribution in [0.15, 0.2) is 36.5 Å². The number of aliphatic hydroxyl groups is 1. The van der Waals surface area contributed by atoms with Crippen LogP contribution < -0.4 is 5.32 Å². The third-order valence-corrected chi connectivity index (χ3v) is 4.03. The maximum Gasteiger partial charge on any atom is 0.263 e. The fraction of sp³-hybridized carbons (Fsp3) is 0.333. The number of thiazole rings is 1. The monoisotopic (exact) mass is 290 g/mol. The third kappa shape index (κ3) is 4.15. The summed E-state index contributed by atoms with van der Waals surface area (Å²) in [5.41, 5.74) is 1.06. The van der Waals surface area contributed by atoms with Gasteiger partial charge in [-0.25, -0.2) is 4.98 Å². The van der Waals surface area contributed by atoms with Crippen molar-refractivity contribution in [3.63, 3.8) is 0 Å². The Morgan fingerprint density at radius 2 is 2.15 bits per heavy atom. The first-order valence-electron chi connectivity index (χ1n) is 6.64. The van der Waals surface area contributed by atoms with Crippen LogP contribution in [0.5, 0.6) is 0 Å². The SMILES string of the molecule is CCc1ncc(C(=O)NCC(O)Cc2ccccc2)s1. The maximum absolute atomic E-state index is 11.9. The zero-order valence-corrected chi connectivity index (χ0v) is 12.2. The minimum atomic E-state index is -0.583. The molecule has 1 aromatic heterocycles. The summed E-state index contributed by atoms with van der Waals surface area (Å²) in [5, 5.41) is 13.6. The van der Waals surface area contributed by atoms with Crippen LogP contribution in [0.3, 0.4) is 0 Å². The number of benzene rings is 1. The van der Waals surface area contributed by atoms with Crippen molar-refractivity contribution in [2.45, 2.75) is 25.9 Å². The highest BCUT2D eigenvalue weighted by molar-refractivity contribution is 7.13. The van der Waals surface area contributed by atoms with Gasteiger partial charge in [0, 0.05) is 13.0 Å². The van der Waals surface area contributed by atoms with Gasteiger partial charge in [-0.15, -0.1) is 11.3 Å². The predicted molar refractivity (Wildman–Crippen MR) is 80.0 cm³/mol. The van der Waals surface area contributed by atoms with Crippen LogP contribution in [0, 0.1) is 0 Å². The van der Waals surface area contributed by atoms with Crippen molar-refractivity contribution in [1.82, 2.24) is 10.3 Å². The average molecular weight is 290 g/mol. The van der Waals surface area contributed by atoms with Crippen LogP contribution >= 0.6 is 11.3 Å². The number of hydrogen-bond acceptors (Lipinski definition) is 4. The second kappa shape index (κ2) is 7.17. The molecule has 0 radical (unpaired) electrons. The quantitative estimate of drug-likeness (QED) is 0.856. The van der Waals surface area contributed by atoms with Crippen molar-refractivity contribution < 1.29 is 9.90 Å². The molecule has 2 rings (SSSR count). The molecule has 2 N–H and O–H groups in total. The molecular formula is C15H18N2O2S. The van der Waals surface area contributed by atoms with Gasteiger partial charge in [0.2, 0.25) is 0 Å². The number of carbonyl (C=O) groups is 1. The lowest BCUT2D eigenvalue weighted by Crippen LogP contribution is -2.32. The summed E-state index contributed by atoms with van der Waals surface area (Å²) in [4.78, 5) is 16.6. The number of rotatable bonds is 6. The summed E-state index contributed by atoms with van der Waals surface area (Å²) in [6.45, 7) is 2.25. The number of nitrogens with zero attached hydrogens (tertiary/aromatic N) is 1. The maximum atomic E-state index is 11.9. The molecule has 1 unspecified atom stereocenters. The molecule has 0 fully saturated rings. The smallest absolute Gasteiger partial charge is 0.263 e. The van der Waals surface area contributed by atoms with E-state index in [0.717, 1.165) is 17.0 Å². The molecule has 0 aliphatic rings. The van der Waals surface area contributed by atoms with E-state index in [4.69, 9.17) is 0 Å². The van der Waals surface area contributed by atoms with Gasteiger partial charge in [0.25, 0.3) is 5.91 Å². The number of aromatic nitrogens is 1. The average Bonchev–Trinajstić information content (AvgIpc) is 2.95. The molecule has 0 saturated heterocycles. The molecule has 1 aromatic carbocycles. The normalized spacial score (nSPS) is 12.1. The van der Waals surface area contributed by atoms with Crippen LogP contribution in [-0.2, 0) is 12.8 Å². The minimum Gasteiger partial charge on any atom is -0.391 e. The number of hydrogen-bond donors (Lipinski definition) is 2. The summed E-state index contributed by atoms with van der Waals surface area (Å²) in [6.07, 6.45) is 2.36. The van der Waals surface area contributed by atoms with Gasteiger partial charge in [0.05, 0.1) is 17.3 Å². The fourth-order valence-corrected chi connectivity index (χ4v) is 2.61. The van der Waals surface area contributed by atoms with Gasteiger partial charge >= 0.3 is 0 Å². The Morgan fingerprint density at radius 1 is 1.40 bits per heavy atom. The van der Waals surface area contributed by atoms with Crippen LogP contribution in [0.4, 0.5) is 0 Å².